The number of hydrogen-bond donors (Lipinski definition) is 1. The lowest BCUT2D eigenvalue weighted by atomic mass is 10.2. The van der Waals surface area contributed by atoms with Crippen molar-refractivity contribution in [2.24, 2.45) is 0 Å². The molecular formula is C17H20N2O3S. The number of rotatable bonds is 7. The van der Waals surface area contributed by atoms with Gasteiger partial charge in [-0.1, -0.05) is 43.2 Å². The second kappa shape index (κ2) is 8.43. The maximum Gasteiger partial charge on any atom is 0.358 e. The molecule has 2 rings (SSSR count). The second-order valence-electron chi connectivity index (χ2n) is 5.18. The molecule has 0 radical (unpaired) electrons. The zero-order valence-electron chi connectivity index (χ0n) is 13.3. The lowest BCUT2D eigenvalue weighted by Crippen LogP contribution is -2.29. The van der Waals surface area contributed by atoms with E-state index >= 15 is 0 Å². The summed E-state index contributed by atoms with van der Waals surface area (Å²) >= 11 is 1.38. The van der Waals surface area contributed by atoms with Crippen LogP contribution in [-0.4, -0.2) is 30.0 Å². The average molecular weight is 332 g/mol. The largest absolute Gasteiger partial charge is 0.451 e. The van der Waals surface area contributed by atoms with Crippen LogP contribution in [0.25, 0.3) is 10.6 Å². The predicted octanol–water partition coefficient (Wildman–Crippen LogP) is 3.19. The predicted molar refractivity (Wildman–Crippen MR) is 90.5 cm³/mol. The number of aryl methyl sites for hydroxylation is 1. The van der Waals surface area contributed by atoms with Gasteiger partial charge in [-0.3, -0.25) is 4.79 Å². The van der Waals surface area contributed by atoms with Gasteiger partial charge in [-0.15, -0.1) is 11.3 Å². The SMILES string of the molecule is CCCCNC(=O)COC(=O)c1csc(-c2ccc(C)cc2)n1. The molecule has 6 heteroatoms. The van der Waals surface area contributed by atoms with Crippen LogP contribution in [0.1, 0.15) is 35.8 Å². The monoisotopic (exact) mass is 332 g/mol. The number of amides is 1. The Hall–Kier alpha value is -2.21. The van der Waals surface area contributed by atoms with Gasteiger partial charge >= 0.3 is 5.97 Å². The van der Waals surface area contributed by atoms with E-state index in [4.69, 9.17) is 4.74 Å². The van der Waals surface area contributed by atoms with Gasteiger partial charge in [-0.2, -0.15) is 0 Å². The highest BCUT2D eigenvalue weighted by molar-refractivity contribution is 7.13. The Bertz CT molecular complexity index is 665. The van der Waals surface area contributed by atoms with Crippen molar-refractivity contribution in [3.63, 3.8) is 0 Å². The van der Waals surface area contributed by atoms with Crippen LogP contribution in [-0.2, 0) is 9.53 Å². The number of carbonyl (C=O) groups is 2. The zero-order valence-corrected chi connectivity index (χ0v) is 14.1. The summed E-state index contributed by atoms with van der Waals surface area (Å²) in [7, 11) is 0. The van der Waals surface area contributed by atoms with Crippen molar-refractivity contribution >= 4 is 23.2 Å². The molecule has 1 amide bonds. The lowest BCUT2D eigenvalue weighted by molar-refractivity contribution is -0.124. The molecule has 0 fully saturated rings. The summed E-state index contributed by atoms with van der Waals surface area (Å²) in [5, 5.41) is 5.09. The van der Waals surface area contributed by atoms with E-state index in [9.17, 15) is 9.59 Å². The number of nitrogens with one attached hydrogen (secondary N) is 1. The summed E-state index contributed by atoms with van der Waals surface area (Å²) in [5.74, 6) is -0.869. The van der Waals surface area contributed by atoms with Gasteiger partial charge < -0.3 is 10.1 Å². The van der Waals surface area contributed by atoms with E-state index in [0.29, 0.717) is 6.54 Å². The molecule has 0 unspecified atom stereocenters. The molecule has 0 bridgehead atoms. The summed E-state index contributed by atoms with van der Waals surface area (Å²) in [4.78, 5) is 27.7. The van der Waals surface area contributed by atoms with Crippen LogP contribution < -0.4 is 5.32 Å². The van der Waals surface area contributed by atoms with E-state index in [2.05, 4.69) is 10.3 Å². The van der Waals surface area contributed by atoms with E-state index in [-0.39, 0.29) is 18.2 Å². The second-order valence-corrected chi connectivity index (χ2v) is 6.04. The molecule has 1 aromatic heterocycles. The Labute approximate surface area is 139 Å². The molecule has 23 heavy (non-hydrogen) atoms. The van der Waals surface area contributed by atoms with Crippen molar-refractivity contribution in [3.8, 4) is 10.6 Å². The average Bonchev–Trinajstić information content (AvgIpc) is 3.03. The summed E-state index contributed by atoms with van der Waals surface area (Å²) < 4.78 is 4.98. The Morgan fingerprint density at radius 3 is 2.70 bits per heavy atom. The molecule has 0 aliphatic heterocycles. The van der Waals surface area contributed by atoms with E-state index < -0.39 is 5.97 Å². The maximum absolute atomic E-state index is 11.9. The van der Waals surface area contributed by atoms with Crippen LogP contribution in [0.15, 0.2) is 29.6 Å². The zero-order chi connectivity index (χ0) is 16.7. The Balaban J connectivity index is 1.88. The van der Waals surface area contributed by atoms with Gasteiger partial charge in [0.1, 0.15) is 5.01 Å². The highest BCUT2D eigenvalue weighted by Crippen LogP contribution is 2.24. The van der Waals surface area contributed by atoms with E-state index in [1.165, 1.54) is 16.9 Å². The smallest absolute Gasteiger partial charge is 0.358 e. The molecule has 1 aromatic carbocycles. The maximum atomic E-state index is 11.9. The quantitative estimate of drug-likeness (QED) is 0.624. The molecule has 0 atom stereocenters. The summed E-state index contributed by atoms with van der Waals surface area (Å²) in [5.41, 5.74) is 2.35. The van der Waals surface area contributed by atoms with Crippen molar-refractivity contribution in [1.82, 2.24) is 10.3 Å². The van der Waals surface area contributed by atoms with Crippen molar-refractivity contribution in [1.29, 1.82) is 0 Å². The summed E-state index contributed by atoms with van der Waals surface area (Å²) in [6.07, 6.45) is 1.91. The van der Waals surface area contributed by atoms with Gasteiger partial charge in [0.2, 0.25) is 0 Å². The fourth-order valence-corrected chi connectivity index (χ4v) is 2.65. The Morgan fingerprint density at radius 2 is 2.00 bits per heavy atom. The first-order valence-corrected chi connectivity index (χ1v) is 8.44. The molecule has 5 nitrogen and oxygen atoms in total. The van der Waals surface area contributed by atoms with Crippen LogP contribution in [0.4, 0.5) is 0 Å². The topological polar surface area (TPSA) is 68.3 Å². The van der Waals surface area contributed by atoms with Gasteiger partial charge in [-0.05, 0) is 13.3 Å². The van der Waals surface area contributed by atoms with Crippen molar-refractivity contribution in [2.45, 2.75) is 26.7 Å². The molecule has 1 N–H and O–H groups in total. The highest BCUT2D eigenvalue weighted by Gasteiger charge is 2.14. The third-order valence-electron chi connectivity index (χ3n) is 3.20. The number of unbranched alkanes of at least 4 members (excludes halogenated alkanes) is 1. The molecule has 0 aliphatic carbocycles. The number of thiazole rings is 1. The normalized spacial score (nSPS) is 10.3. The minimum atomic E-state index is -0.578. The summed E-state index contributed by atoms with van der Waals surface area (Å²) in [6.45, 7) is 4.38. The molecular weight excluding hydrogens is 312 g/mol. The Kier molecular flexibility index (Phi) is 6.29. The van der Waals surface area contributed by atoms with Crippen LogP contribution in [0.5, 0.6) is 0 Å². The number of aromatic nitrogens is 1. The van der Waals surface area contributed by atoms with Crippen LogP contribution in [0, 0.1) is 6.92 Å². The standard InChI is InChI=1S/C17H20N2O3S/c1-3-4-9-18-15(20)10-22-17(21)14-11-23-16(19-14)13-7-5-12(2)6-8-13/h5-8,11H,3-4,9-10H2,1-2H3,(H,18,20). The molecule has 0 spiro atoms. The third-order valence-corrected chi connectivity index (χ3v) is 4.09. The van der Waals surface area contributed by atoms with Crippen LogP contribution in [0.2, 0.25) is 0 Å². The van der Waals surface area contributed by atoms with Crippen LogP contribution in [0.3, 0.4) is 0 Å². The fourth-order valence-electron chi connectivity index (χ4n) is 1.86. The van der Waals surface area contributed by atoms with Crippen molar-refractivity contribution < 1.29 is 14.3 Å². The van der Waals surface area contributed by atoms with Crippen molar-refractivity contribution in [2.75, 3.05) is 13.2 Å². The number of benzene rings is 1. The number of hydrogen-bond acceptors (Lipinski definition) is 5. The highest BCUT2D eigenvalue weighted by atomic mass is 32.1. The first-order valence-electron chi connectivity index (χ1n) is 7.56. The first kappa shape index (κ1) is 17.1. The molecule has 2 aromatic rings. The minimum Gasteiger partial charge on any atom is -0.451 e. The Morgan fingerprint density at radius 1 is 1.26 bits per heavy atom. The van der Waals surface area contributed by atoms with Gasteiger partial charge in [0.05, 0.1) is 0 Å². The van der Waals surface area contributed by atoms with Gasteiger partial charge in [0, 0.05) is 17.5 Å². The first-order chi connectivity index (χ1) is 11.1. The number of nitrogens with zero attached hydrogens (tertiary/aromatic N) is 1. The molecule has 0 saturated heterocycles. The number of esters is 1. The molecule has 0 aliphatic rings. The molecule has 1 heterocycles. The van der Waals surface area contributed by atoms with E-state index in [0.717, 1.165) is 23.4 Å². The number of ether oxygens (including phenoxy) is 1. The molecule has 0 saturated carbocycles. The van der Waals surface area contributed by atoms with E-state index in [1.54, 1.807) is 5.38 Å². The van der Waals surface area contributed by atoms with Gasteiger partial charge in [0.15, 0.2) is 12.3 Å². The van der Waals surface area contributed by atoms with Gasteiger partial charge in [-0.25, -0.2) is 9.78 Å². The lowest BCUT2D eigenvalue weighted by Gasteiger charge is -2.04. The van der Waals surface area contributed by atoms with Crippen molar-refractivity contribution in [3.05, 3.63) is 40.9 Å². The van der Waals surface area contributed by atoms with E-state index in [1.807, 2.05) is 38.1 Å². The van der Waals surface area contributed by atoms with Gasteiger partial charge in [0.25, 0.3) is 5.91 Å². The molecule has 122 valence electrons. The summed E-state index contributed by atoms with van der Waals surface area (Å²) in [6, 6.07) is 7.92. The fraction of sp³-hybridized carbons (Fsp3) is 0.353. The number of carbonyl (C=O) groups excluding carboxylic acids is 2. The third kappa shape index (κ3) is 5.17. The van der Waals surface area contributed by atoms with Crippen LogP contribution >= 0.6 is 11.3 Å². The minimum absolute atomic E-state index is 0.229.